The summed E-state index contributed by atoms with van der Waals surface area (Å²) in [7, 11) is 0. The van der Waals surface area contributed by atoms with Crippen LogP contribution in [0.2, 0.25) is 0 Å². The van der Waals surface area contributed by atoms with E-state index in [1.807, 2.05) is 0 Å². The Morgan fingerprint density at radius 2 is 2.30 bits per heavy atom. The van der Waals surface area contributed by atoms with Gasteiger partial charge in [0, 0.05) is 17.3 Å². The minimum atomic E-state index is -0.469. The molecular weight excluding hydrogens is 320 g/mol. The zero-order valence-electron chi connectivity index (χ0n) is 12.3. The number of tetrazole rings is 1. The Morgan fingerprint density at radius 3 is 3.00 bits per heavy atom. The average molecular weight is 334 g/mol. The molecule has 3 rings (SSSR count). The molecule has 10 heteroatoms. The molecule has 0 radical (unpaired) electrons. The molecule has 1 saturated carbocycles. The van der Waals surface area contributed by atoms with Gasteiger partial charge in [0.25, 0.3) is 5.69 Å². The number of rotatable bonds is 6. The Balaban J connectivity index is 1.60. The molecule has 1 aromatic heterocycles. The number of nitrogens with one attached hydrogen (secondary N) is 1. The number of carbonyl (C=O) groups excluding carboxylic acids is 1. The SMILES string of the molecule is Cc1ccc(NC(=O)CSc2nnnn2C2CC2)cc1[N+](=O)[O-]. The van der Waals surface area contributed by atoms with Crippen molar-refractivity contribution in [2.75, 3.05) is 11.1 Å². The second-order valence-corrected chi connectivity index (χ2v) is 6.17. The molecule has 23 heavy (non-hydrogen) atoms. The second kappa shape index (κ2) is 6.32. The van der Waals surface area contributed by atoms with Crippen molar-refractivity contribution in [2.24, 2.45) is 0 Å². The van der Waals surface area contributed by atoms with Crippen molar-refractivity contribution in [3.8, 4) is 0 Å². The summed E-state index contributed by atoms with van der Waals surface area (Å²) in [6.45, 7) is 1.65. The van der Waals surface area contributed by atoms with Crippen LogP contribution in [0.25, 0.3) is 0 Å². The number of thioether (sulfide) groups is 1. The molecule has 2 aromatic rings. The van der Waals surface area contributed by atoms with Gasteiger partial charge in [-0.15, -0.1) is 5.10 Å². The van der Waals surface area contributed by atoms with E-state index < -0.39 is 4.92 Å². The quantitative estimate of drug-likeness (QED) is 0.487. The minimum Gasteiger partial charge on any atom is -0.325 e. The molecule has 0 aliphatic heterocycles. The van der Waals surface area contributed by atoms with E-state index in [0.717, 1.165) is 12.8 Å². The largest absolute Gasteiger partial charge is 0.325 e. The lowest BCUT2D eigenvalue weighted by atomic mass is 10.2. The average Bonchev–Trinajstić information content (AvgIpc) is 3.25. The molecule has 0 bridgehead atoms. The molecule has 1 N–H and O–H groups in total. The van der Waals surface area contributed by atoms with Crippen LogP contribution in [0.3, 0.4) is 0 Å². The summed E-state index contributed by atoms with van der Waals surface area (Å²) in [5, 5.41) is 25.6. The molecule has 1 aliphatic carbocycles. The van der Waals surface area contributed by atoms with Crippen LogP contribution in [0.15, 0.2) is 23.4 Å². The molecule has 0 unspecified atom stereocenters. The summed E-state index contributed by atoms with van der Waals surface area (Å²) in [5.74, 6) is -0.132. The first-order chi connectivity index (χ1) is 11.0. The van der Waals surface area contributed by atoms with E-state index in [9.17, 15) is 14.9 Å². The van der Waals surface area contributed by atoms with Crippen molar-refractivity contribution in [1.82, 2.24) is 20.2 Å². The number of aryl methyl sites for hydroxylation is 1. The van der Waals surface area contributed by atoms with Crippen LogP contribution < -0.4 is 5.32 Å². The Hall–Kier alpha value is -2.49. The summed E-state index contributed by atoms with van der Waals surface area (Å²) < 4.78 is 1.73. The smallest absolute Gasteiger partial charge is 0.274 e. The molecule has 1 amide bonds. The molecule has 9 nitrogen and oxygen atoms in total. The zero-order chi connectivity index (χ0) is 16.4. The van der Waals surface area contributed by atoms with Crippen LogP contribution in [-0.4, -0.2) is 36.8 Å². The maximum Gasteiger partial charge on any atom is 0.274 e. The number of hydrogen-bond donors (Lipinski definition) is 1. The second-order valence-electron chi connectivity index (χ2n) is 5.23. The number of hydrogen-bond acceptors (Lipinski definition) is 7. The van der Waals surface area contributed by atoms with Gasteiger partial charge in [0.2, 0.25) is 11.1 Å². The third-order valence-electron chi connectivity index (χ3n) is 3.38. The lowest BCUT2D eigenvalue weighted by molar-refractivity contribution is -0.385. The van der Waals surface area contributed by atoms with Crippen LogP contribution >= 0.6 is 11.8 Å². The number of benzene rings is 1. The fraction of sp³-hybridized carbons (Fsp3) is 0.385. The van der Waals surface area contributed by atoms with Gasteiger partial charge in [0.15, 0.2) is 0 Å². The number of amides is 1. The fourth-order valence-corrected chi connectivity index (χ4v) is 2.78. The first kappa shape index (κ1) is 15.4. The third kappa shape index (κ3) is 3.65. The summed E-state index contributed by atoms with van der Waals surface area (Å²) >= 11 is 1.24. The number of aromatic nitrogens is 4. The Bertz CT molecular complexity index is 758. The predicted molar refractivity (Wildman–Crippen MR) is 83.3 cm³/mol. The zero-order valence-corrected chi connectivity index (χ0v) is 13.1. The first-order valence-electron chi connectivity index (χ1n) is 7.00. The summed E-state index contributed by atoms with van der Waals surface area (Å²) in [6.07, 6.45) is 2.11. The number of nitrogens with zero attached hydrogens (tertiary/aromatic N) is 5. The Labute approximate surface area is 135 Å². The maximum absolute atomic E-state index is 12.0. The molecule has 1 heterocycles. The van der Waals surface area contributed by atoms with E-state index in [4.69, 9.17) is 0 Å². The topological polar surface area (TPSA) is 116 Å². The molecule has 1 fully saturated rings. The van der Waals surface area contributed by atoms with Gasteiger partial charge in [-0.2, -0.15) is 0 Å². The Kier molecular flexibility index (Phi) is 4.24. The van der Waals surface area contributed by atoms with Gasteiger partial charge in [-0.3, -0.25) is 14.9 Å². The van der Waals surface area contributed by atoms with E-state index in [1.54, 1.807) is 23.7 Å². The highest BCUT2D eigenvalue weighted by Crippen LogP contribution is 2.36. The highest BCUT2D eigenvalue weighted by molar-refractivity contribution is 7.99. The number of nitro groups is 1. The fourth-order valence-electron chi connectivity index (χ4n) is 2.04. The van der Waals surface area contributed by atoms with Crippen LogP contribution in [-0.2, 0) is 4.79 Å². The highest BCUT2D eigenvalue weighted by Gasteiger charge is 2.28. The van der Waals surface area contributed by atoms with Gasteiger partial charge in [-0.05, 0) is 36.3 Å². The van der Waals surface area contributed by atoms with Crippen molar-refractivity contribution in [1.29, 1.82) is 0 Å². The minimum absolute atomic E-state index is 0.0203. The standard InChI is InChI=1S/C13H14N6O3S/c1-8-2-3-9(6-11(8)19(21)22)14-12(20)7-23-13-15-16-17-18(13)10-4-5-10/h2-3,6,10H,4-5,7H2,1H3,(H,14,20). The van der Waals surface area contributed by atoms with Crippen molar-refractivity contribution in [2.45, 2.75) is 31.0 Å². The number of carbonyl (C=O) groups is 1. The number of anilines is 1. The molecule has 0 atom stereocenters. The molecule has 120 valence electrons. The van der Waals surface area contributed by atoms with Gasteiger partial charge >= 0.3 is 0 Å². The van der Waals surface area contributed by atoms with Crippen LogP contribution in [0.1, 0.15) is 24.4 Å². The van der Waals surface area contributed by atoms with Gasteiger partial charge in [0.1, 0.15) is 0 Å². The molecule has 1 aliphatic rings. The van der Waals surface area contributed by atoms with Gasteiger partial charge in [-0.1, -0.05) is 17.8 Å². The van der Waals surface area contributed by atoms with Crippen molar-refractivity contribution in [3.05, 3.63) is 33.9 Å². The summed E-state index contributed by atoms with van der Waals surface area (Å²) in [4.78, 5) is 22.4. The molecule has 0 saturated heterocycles. The highest BCUT2D eigenvalue weighted by atomic mass is 32.2. The van der Waals surface area contributed by atoms with Crippen LogP contribution in [0, 0.1) is 17.0 Å². The normalized spacial score (nSPS) is 13.8. The third-order valence-corrected chi connectivity index (χ3v) is 4.31. The Morgan fingerprint density at radius 1 is 1.52 bits per heavy atom. The first-order valence-corrected chi connectivity index (χ1v) is 7.98. The summed E-state index contributed by atoms with van der Waals surface area (Å²) in [6, 6.07) is 4.94. The predicted octanol–water partition coefficient (Wildman–Crippen LogP) is 1.96. The molecule has 0 spiro atoms. The van der Waals surface area contributed by atoms with Crippen molar-refractivity contribution < 1.29 is 9.72 Å². The van der Waals surface area contributed by atoms with E-state index >= 15 is 0 Å². The van der Waals surface area contributed by atoms with Crippen LogP contribution in [0.4, 0.5) is 11.4 Å². The summed E-state index contributed by atoms with van der Waals surface area (Å²) in [5.41, 5.74) is 0.925. The lowest BCUT2D eigenvalue weighted by Gasteiger charge is -2.06. The monoisotopic (exact) mass is 334 g/mol. The van der Waals surface area contributed by atoms with E-state index in [1.165, 1.54) is 17.8 Å². The molecular formula is C13H14N6O3S. The van der Waals surface area contributed by atoms with Crippen LogP contribution in [0.5, 0.6) is 0 Å². The van der Waals surface area contributed by atoms with E-state index in [-0.39, 0.29) is 17.3 Å². The molecule has 1 aromatic carbocycles. The van der Waals surface area contributed by atoms with Gasteiger partial charge in [-0.25, -0.2) is 4.68 Å². The van der Waals surface area contributed by atoms with Gasteiger partial charge in [0.05, 0.1) is 16.7 Å². The van der Waals surface area contributed by atoms with Crippen molar-refractivity contribution >= 4 is 29.0 Å². The lowest BCUT2D eigenvalue weighted by Crippen LogP contribution is -2.15. The number of nitro benzene ring substituents is 1. The van der Waals surface area contributed by atoms with E-state index in [0.29, 0.717) is 22.4 Å². The van der Waals surface area contributed by atoms with E-state index in [2.05, 4.69) is 20.8 Å². The maximum atomic E-state index is 12.0. The van der Waals surface area contributed by atoms with Gasteiger partial charge < -0.3 is 5.32 Å². The van der Waals surface area contributed by atoms with Crippen molar-refractivity contribution in [3.63, 3.8) is 0 Å².